The Morgan fingerprint density at radius 2 is 1.81 bits per heavy atom. The summed E-state index contributed by atoms with van der Waals surface area (Å²) < 4.78 is 15.1. The highest BCUT2D eigenvalue weighted by Crippen LogP contribution is 2.35. The van der Waals surface area contributed by atoms with Crippen molar-refractivity contribution in [2.45, 2.75) is 81.8 Å². The van der Waals surface area contributed by atoms with Crippen molar-refractivity contribution in [2.24, 2.45) is 0 Å². The molecule has 1 aliphatic rings. The molecule has 10 nitrogen and oxygen atoms in total. The Balaban J connectivity index is 1.36. The number of benzene rings is 2. The van der Waals surface area contributed by atoms with Gasteiger partial charge in [-0.25, -0.2) is 15.0 Å². The van der Waals surface area contributed by atoms with Crippen molar-refractivity contribution in [1.29, 1.82) is 0 Å². The van der Waals surface area contributed by atoms with Crippen LogP contribution in [-0.4, -0.2) is 60.6 Å². The molecule has 11 heteroatoms. The van der Waals surface area contributed by atoms with Crippen LogP contribution in [0.5, 0.6) is 11.5 Å². The van der Waals surface area contributed by atoms with Gasteiger partial charge in [-0.1, -0.05) is 50.1 Å². The molecule has 1 saturated carbocycles. The number of imidazole rings is 1. The first-order valence-corrected chi connectivity index (χ1v) is 15.6. The van der Waals surface area contributed by atoms with Crippen molar-refractivity contribution >= 4 is 45.3 Å². The lowest BCUT2D eigenvalue weighted by Crippen LogP contribution is -2.41. The summed E-state index contributed by atoms with van der Waals surface area (Å²) in [6, 6.07) is 12.1. The van der Waals surface area contributed by atoms with Crippen LogP contribution < -0.4 is 14.8 Å². The highest BCUT2D eigenvalue weighted by Gasteiger charge is 2.26. The Kier molecular flexibility index (Phi) is 8.19. The second-order valence-electron chi connectivity index (χ2n) is 10.8. The SMILES string of the molecule is CCC(Sc1nc2cc(OC)c(OC)cc2c2nc(CCn3c(C)nc4ccccc43)nn12)C(=O)NC1CCCCC1. The number of rotatable bonds is 10. The van der Waals surface area contributed by atoms with Crippen LogP contribution >= 0.6 is 11.8 Å². The van der Waals surface area contributed by atoms with Gasteiger partial charge in [-0.05, 0) is 44.4 Å². The maximum Gasteiger partial charge on any atom is 0.233 e. The van der Waals surface area contributed by atoms with Crippen molar-refractivity contribution < 1.29 is 14.3 Å². The van der Waals surface area contributed by atoms with Crippen molar-refractivity contribution in [3.8, 4) is 11.5 Å². The molecule has 0 radical (unpaired) electrons. The van der Waals surface area contributed by atoms with Crippen LogP contribution in [0.4, 0.5) is 0 Å². The molecule has 1 unspecified atom stereocenters. The molecule has 2 aromatic carbocycles. The summed E-state index contributed by atoms with van der Waals surface area (Å²) in [4.78, 5) is 28.0. The summed E-state index contributed by atoms with van der Waals surface area (Å²) in [6.07, 6.45) is 6.96. The second-order valence-corrected chi connectivity index (χ2v) is 12.0. The van der Waals surface area contributed by atoms with Gasteiger partial charge in [0, 0.05) is 30.5 Å². The van der Waals surface area contributed by atoms with Crippen molar-refractivity contribution in [3.63, 3.8) is 0 Å². The Morgan fingerprint density at radius 3 is 2.57 bits per heavy atom. The largest absolute Gasteiger partial charge is 0.493 e. The van der Waals surface area contributed by atoms with E-state index < -0.39 is 0 Å². The molecule has 0 aliphatic heterocycles. The molecule has 1 fully saturated rings. The molecular formula is C31H37N7O3S. The Bertz CT molecular complexity index is 1740. The van der Waals surface area contributed by atoms with Gasteiger partial charge in [0.25, 0.3) is 0 Å². The first kappa shape index (κ1) is 28.3. The molecule has 0 bridgehead atoms. The molecule has 3 heterocycles. The minimum absolute atomic E-state index is 0.0551. The van der Waals surface area contributed by atoms with Gasteiger partial charge in [-0.2, -0.15) is 4.52 Å². The van der Waals surface area contributed by atoms with Crippen molar-refractivity contribution in [2.75, 3.05) is 14.2 Å². The van der Waals surface area contributed by atoms with E-state index in [1.807, 2.05) is 44.2 Å². The quantitative estimate of drug-likeness (QED) is 0.168. The first-order valence-electron chi connectivity index (χ1n) is 14.7. The molecule has 5 aromatic rings. The van der Waals surface area contributed by atoms with Gasteiger partial charge >= 0.3 is 0 Å². The van der Waals surface area contributed by atoms with E-state index in [1.165, 1.54) is 31.0 Å². The highest BCUT2D eigenvalue weighted by molar-refractivity contribution is 8.00. The molecule has 1 amide bonds. The zero-order chi connectivity index (χ0) is 29.2. The third kappa shape index (κ3) is 5.49. The zero-order valence-corrected chi connectivity index (χ0v) is 25.4. The number of nitrogens with one attached hydrogen (secondary N) is 1. The molecular weight excluding hydrogens is 550 g/mol. The van der Waals surface area contributed by atoms with Crippen LogP contribution in [0.1, 0.15) is 57.1 Å². The predicted molar refractivity (Wildman–Crippen MR) is 165 cm³/mol. The van der Waals surface area contributed by atoms with Crippen molar-refractivity contribution in [3.05, 3.63) is 48.0 Å². The van der Waals surface area contributed by atoms with E-state index in [0.717, 1.165) is 35.1 Å². The van der Waals surface area contributed by atoms with Crippen molar-refractivity contribution in [1.82, 2.24) is 34.4 Å². The van der Waals surface area contributed by atoms with Gasteiger partial charge < -0.3 is 19.4 Å². The van der Waals surface area contributed by atoms with Crippen LogP contribution in [0.2, 0.25) is 0 Å². The van der Waals surface area contributed by atoms with Gasteiger partial charge in [0.2, 0.25) is 5.91 Å². The minimum Gasteiger partial charge on any atom is -0.493 e. The fourth-order valence-electron chi connectivity index (χ4n) is 5.82. The predicted octanol–water partition coefficient (Wildman–Crippen LogP) is 5.52. The lowest BCUT2D eigenvalue weighted by Gasteiger charge is -2.25. The molecule has 1 atom stereocenters. The monoisotopic (exact) mass is 587 g/mol. The number of fused-ring (bicyclic) bond motifs is 4. The number of para-hydroxylation sites is 2. The zero-order valence-electron chi connectivity index (χ0n) is 24.6. The maximum atomic E-state index is 13.4. The van der Waals surface area contributed by atoms with Gasteiger partial charge in [-0.15, -0.1) is 5.10 Å². The van der Waals surface area contributed by atoms with E-state index in [9.17, 15) is 4.79 Å². The van der Waals surface area contributed by atoms with E-state index in [1.54, 1.807) is 18.7 Å². The Labute approximate surface area is 249 Å². The molecule has 0 spiro atoms. The smallest absolute Gasteiger partial charge is 0.233 e. The summed E-state index contributed by atoms with van der Waals surface area (Å²) in [5, 5.41) is 9.34. The highest BCUT2D eigenvalue weighted by atomic mass is 32.2. The molecule has 1 N–H and O–H groups in total. The summed E-state index contributed by atoms with van der Waals surface area (Å²) in [5.41, 5.74) is 3.45. The molecule has 3 aromatic heterocycles. The number of aromatic nitrogens is 6. The van der Waals surface area contributed by atoms with Crippen LogP contribution in [0.3, 0.4) is 0 Å². The molecule has 42 heavy (non-hydrogen) atoms. The van der Waals surface area contributed by atoms with E-state index in [2.05, 4.69) is 16.0 Å². The number of methoxy groups -OCH3 is 2. The number of aryl methyl sites for hydroxylation is 3. The maximum absolute atomic E-state index is 13.4. The number of ether oxygens (including phenoxy) is 2. The Hall–Kier alpha value is -3.86. The molecule has 1 aliphatic carbocycles. The summed E-state index contributed by atoms with van der Waals surface area (Å²) in [7, 11) is 3.22. The number of hydrogen-bond donors (Lipinski definition) is 1. The number of hydrogen-bond acceptors (Lipinski definition) is 8. The number of carbonyl (C=O) groups is 1. The number of thioether (sulfide) groups is 1. The lowest BCUT2D eigenvalue weighted by atomic mass is 9.95. The van der Waals surface area contributed by atoms with E-state index in [4.69, 9.17) is 29.5 Å². The van der Waals surface area contributed by atoms with Gasteiger partial charge in [0.05, 0.1) is 36.0 Å². The topological polar surface area (TPSA) is 108 Å². The summed E-state index contributed by atoms with van der Waals surface area (Å²) in [6.45, 7) is 4.75. The van der Waals surface area contributed by atoms with Gasteiger partial charge in [0.1, 0.15) is 5.82 Å². The molecule has 6 rings (SSSR count). The molecule has 220 valence electrons. The summed E-state index contributed by atoms with van der Waals surface area (Å²) in [5.74, 6) is 2.88. The van der Waals surface area contributed by atoms with Crippen LogP contribution in [0.25, 0.3) is 27.6 Å². The third-order valence-corrected chi connectivity index (χ3v) is 9.36. The minimum atomic E-state index is -0.298. The van der Waals surface area contributed by atoms with Crippen LogP contribution in [-0.2, 0) is 17.8 Å². The Morgan fingerprint density at radius 1 is 1.05 bits per heavy atom. The van der Waals surface area contributed by atoms with Gasteiger partial charge in [0.15, 0.2) is 28.1 Å². The second kappa shape index (κ2) is 12.2. The first-order chi connectivity index (χ1) is 20.5. The molecule has 0 saturated heterocycles. The number of carbonyl (C=O) groups excluding carboxylic acids is 1. The standard InChI is InChI=1S/C31H37N7O3S/c1-5-27(30(39)33-20-11-7-6-8-12-20)42-31-34-23-18-26(41-4)25(40-3)17-21(23)29-35-28(36-38(29)31)15-16-37-19(2)32-22-13-9-10-14-24(22)37/h9-10,13-14,17-18,20,27H,5-8,11-12,15-16H2,1-4H3,(H,33,39). The lowest BCUT2D eigenvalue weighted by molar-refractivity contribution is -0.121. The van der Waals surface area contributed by atoms with Crippen LogP contribution in [0.15, 0.2) is 41.6 Å². The number of nitrogens with zero attached hydrogens (tertiary/aromatic N) is 6. The fraction of sp³-hybridized carbons (Fsp3) is 0.452. The normalized spacial score (nSPS) is 15.0. The van der Waals surface area contributed by atoms with E-state index >= 15 is 0 Å². The average Bonchev–Trinajstić information content (AvgIpc) is 3.59. The van der Waals surface area contributed by atoms with E-state index in [0.29, 0.717) is 53.0 Å². The average molecular weight is 588 g/mol. The summed E-state index contributed by atoms with van der Waals surface area (Å²) >= 11 is 1.44. The van der Waals surface area contributed by atoms with E-state index in [-0.39, 0.29) is 17.2 Å². The fourth-order valence-corrected chi connectivity index (χ4v) is 6.79. The number of amides is 1. The third-order valence-electron chi connectivity index (χ3n) is 8.06. The van der Waals surface area contributed by atoms with Gasteiger partial charge in [-0.3, -0.25) is 4.79 Å². The van der Waals surface area contributed by atoms with Crippen LogP contribution in [0, 0.1) is 6.92 Å².